The summed E-state index contributed by atoms with van der Waals surface area (Å²) in [5.41, 5.74) is -0.104. The van der Waals surface area contributed by atoms with Crippen LogP contribution in [0.25, 0.3) is 0 Å². The fraction of sp³-hybridized carbons (Fsp3) is 0.667. The van der Waals surface area contributed by atoms with Gasteiger partial charge in [-0.2, -0.15) is 0 Å². The molecular formula is C21H31NO4. The zero-order valence-electron chi connectivity index (χ0n) is 15.7. The minimum absolute atomic E-state index is 0.0759. The van der Waals surface area contributed by atoms with Crippen LogP contribution in [0.15, 0.2) is 30.3 Å². The molecule has 26 heavy (non-hydrogen) atoms. The van der Waals surface area contributed by atoms with E-state index in [2.05, 4.69) is 12.2 Å². The second-order valence-corrected chi connectivity index (χ2v) is 8.65. The van der Waals surface area contributed by atoms with Crippen molar-refractivity contribution in [2.75, 3.05) is 11.9 Å². The molecule has 144 valence electrons. The minimum Gasteiger partial charge on any atom is -0.396 e. The van der Waals surface area contributed by atoms with Crippen LogP contribution >= 0.6 is 0 Å². The van der Waals surface area contributed by atoms with E-state index in [1.165, 1.54) is 0 Å². The monoisotopic (exact) mass is 361 g/mol. The molecule has 1 aromatic rings. The summed E-state index contributed by atoms with van der Waals surface area (Å²) in [4.78, 5) is 12.6. The van der Waals surface area contributed by atoms with Crippen LogP contribution in [0.2, 0.25) is 0 Å². The predicted molar refractivity (Wildman–Crippen MR) is 100 cm³/mol. The van der Waals surface area contributed by atoms with E-state index in [0.29, 0.717) is 12.8 Å². The van der Waals surface area contributed by atoms with Gasteiger partial charge < -0.3 is 20.6 Å². The Balaban J connectivity index is 1.80. The van der Waals surface area contributed by atoms with E-state index < -0.39 is 17.6 Å². The third-order valence-electron chi connectivity index (χ3n) is 7.18. The van der Waals surface area contributed by atoms with Gasteiger partial charge in [-0.3, -0.25) is 4.79 Å². The fourth-order valence-electron chi connectivity index (χ4n) is 5.54. The summed E-state index contributed by atoms with van der Waals surface area (Å²) in [5, 5.41) is 34.1. The molecule has 2 aliphatic carbocycles. The van der Waals surface area contributed by atoms with Crippen LogP contribution in [0.1, 0.15) is 46.0 Å². The van der Waals surface area contributed by atoms with Crippen molar-refractivity contribution in [1.82, 2.24) is 0 Å². The molecule has 0 heterocycles. The number of benzene rings is 1. The van der Waals surface area contributed by atoms with Gasteiger partial charge in [0, 0.05) is 17.5 Å². The normalized spacial score (nSPS) is 39.9. The van der Waals surface area contributed by atoms with Crippen molar-refractivity contribution in [1.29, 1.82) is 0 Å². The number of para-hydroxylation sites is 1. The number of amides is 1. The molecule has 4 N–H and O–H groups in total. The van der Waals surface area contributed by atoms with E-state index in [1.54, 1.807) is 0 Å². The van der Waals surface area contributed by atoms with Gasteiger partial charge in [-0.25, -0.2) is 0 Å². The summed E-state index contributed by atoms with van der Waals surface area (Å²) in [6, 6.07) is 9.34. The van der Waals surface area contributed by atoms with Gasteiger partial charge in [-0.15, -0.1) is 0 Å². The summed E-state index contributed by atoms with van der Waals surface area (Å²) in [7, 11) is 0. The summed E-state index contributed by atoms with van der Waals surface area (Å²) in [6.45, 7) is 3.99. The number of carbonyl (C=O) groups excluding carboxylic acids is 1. The Morgan fingerprint density at radius 3 is 2.50 bits per heavy atom. The van der Waals surface area contributed by atoms with Gasteiger partial charge in [-0.05, 0) is 55.1 Å². The number of fused-ring (bicyclic) bond motifs is 1. The first-order valence-corrected chi connectivity index (χ1v) is 9.63. The van der Waals surface area contributed by atoms with Crippen LogP contribution in [0.4, 0.5) is 5.69 Å². The molecule has 0 saturated heterocycles. The maximum Gasteiger partial charge on any atom is 0.224 e. The molecule has 6 atom stereocenters. The molecule has 5 nitrogen and oxygen atoms in total. The van der Waals surface area contributed by atoms with Crippen LogP contribution < -0.4 is 5.32 Å². The standard InChI is InChI=1S/C21H31NO4/c1-20-11-10-18(25)21(2,13-23)17(20)9-8-16(24)15(20)12-19(26)22-14-6-4-3-5-7-14/h3-7,15-18,23-25H,8-13H2,1-2H3,(H,22,26)/t15-,16-,17-,18-,20+,21+/m1/s1. The highest BCUT2D eigenvalue weighted by Gasteiger charge is 2.58. The maximum atomic E-state index is 12.6. The Labute approximate surface area is 155 Å². The lowest BCUT2D eigenvalue weighted by molar-refractivity contribution is -0.185. The fourth-order valence-corrected chi connectivity index (χ4v) is 5.54. The van der Waals surface area contributed by atoms with Gasteiger partial charge in [0.15, 0.2) is 0 Å². The SMILES string of the molecule is C[C@]1(CO)[C@@H]2CC[C@@H](O)[C@@H](CC(=O)Nc3ccccc3)[C@]2(C)CC[C@H]1O. The van der Waals surface area contributed by atoms with Crippen molar-refractivity contribution in [3.8, 4) is 0 Å². The lowest BCUT2D eigenvalue weighted by Gasteiger charge is -2.60. The number of nitrogens with one attached hydrogen (secondary N) is 1. The summed E-state index contributed by atoms with van der Waals surface area (Å²) < 4.78 is 0. The molecule has 0 spiro atoms. The molecular weight excluding hydrogens is 330 g/mol. The smallest absolute Gasteiger partial charge is 0.224 e. The number of carbonyl (C=O) groups is 1. The lowest BCUT2D eigenvalue weighted by Crippen LogP contribution is -2.60. The van der Waals surface area contributed by atoms with Gasteiger partial charge in [0.2, 0.25) is 5.91 Å². The molecule has 2 fully saturated rings. The van der Waals surface area contributed by atoms with Crippen molar-refractivity contribution in [3.05, 3.63) is 30.3 Å². The molecule has 3 rings (SSSR count). The van der Waals surface area contributed by atoms with Crippen molar-refractivity contribution < 1.29 is 20.1 Å². The van der Waals surface area contributed by atoms with E-state index in [9.17, 15) is 20.1 Å². The van der Waals surface area contributed by atoms with Crippen LogP contribution in [-0.2, 0) is 4.79 Å². The predicted octanol–water partition coefficient (Wildman–Crippen LogP) is 2.56. The molecule has 0 aliphatic heterocycles. The first kappa shape index (κ1) is 19.3. The molecule has 0 bridgehead atoms. The second kappa shape index (κ2) is 7.29. The topological polar surface area (TPSA) is 89.8 Å². The molecule has 2 saturated carbocycles. The van der Waals surface area contributed by atoms with Crippen LogP contribution in [0, 0.1) is 22.7 Å². The van der Waals surface area contributed by atoms with Crippen molar-refractivity contribution in [3.63, 3.8) is 0 Å². The maximum absolute atomic E-state index is 12.6. The molecule has 1 aromatic carbocycles. The second-order valence-electron chi connectivity index (χ2n) is 8.65. The van der Waals surface area contributed by atoms with Gasteiger partial charge in [-0.1, -0.05) is 32.0 Å². The van der Waals surface area contributed by atoms with E-state index in [1.807, 2.05) is 37.3 Å². The van der Waals surface area contributed by atoms with Gasteiger partial charge in [0.25, 0.3) is 0 Å². The summed E-state index contributed by atoms with van der Waals surface area (Å²) in [6.07, 6.45) is 1.90. The molecule has 1 amide bonds. The number of aliphatic hydroxyl groups excluding tert-OH is 3. The molecule has 2 aliphatic rings. The van der Waals surface area contributed by atoms with Crippen LogP contribution in [-0.4, -0.2) is 40.0 Å². The zero-order chi connectivity index (χ0) is 18.9. The van der Waals surface area contributed by atoms with E-state index in [0.717, 1.165) is 18.5 Å². The highest BCUT2D eigenvalue weighted by Crippen LogP contribution is 2.60. The summed E-state index contributed by atoms with van der Waals surface area (Å²) in [5.74, 6) is -0.191. The molecule has 5 heteroatoms. The number of anilines is 1. The van der Waals surface area contributed by atoms with Crippen molar-refractivity contribution in [2.45, 2.75) is 58.2 Å². The first-order chi connectivity index (χ1) is 12.3. The first-order valence-electron chi connectivity index (χ1n) is 9.63. The molecule has 0 radical (unpaired) electrons. The van der Waals surface area contributed by atoms with Gasteiger partial charge in [0.1, 0.15) is 0 Å². The van der Waals surface area contributed by atoms with E-state index >= 15 is 0 Å². The van der Waals surface area contributed by atoms with Gasteiger partial charge >= 0.3 is 0 Å². The minimum atomic E-state index is -0.582. The average molecular weight is 361 g/mol. The van der Waals surface area contributed by atoms with Crippen molar-refractivity contribution >= 4 is 11.6 Å². The van der Waals surface area contributed by atoms with E-state index in [4.69, 9.17) is 0 Å². The lowest BCUT2D eigenvalue weighted by atomic mass is 9.46. The quantitative estimate of drug-likeness (QED) is 0.663. The molecule has 0 unspecified atom stereocenters. The molecule has 0 aromatic heterocycles. The number of hydrogen-bond donors (Lipinski definition) is 4. The number of hydrogen-bond acceptors (Lipinski definition) is 4. The summed E-state index contributed by atoms with van der Waals surface area (Å²) >= 11 is 0. The van der Waals surface area contributed by atoms with Crippen LogP contribution in [0.5, 0.6) is 0 Å². The Morgan fingerprint density at radius 2 is 1.85 bits per heavy atom. The highest BCUT2D eigenvalue weighted by atomic mass is 16.3. The third kappa shape index (κ3) is 3.28. The van der Waals surface area contributed by atoms with Crippen LogP contribution in [0.3, 0.4) is 0 Å². The van der Waals surface area contributed by atoms with E-state index in [-0.39, 0.29) is 36.2 Å². The largest absolute Gasteiger partial charge is 0.396 e. The Bertz CT molecular complexity index is 636. The van der Waals surface area contributed by atoms with Gasteiger partial charge in [0.05, 0.1) is 18.8 Å². The Morgan fingerprint density at radius 1 is 1.15 bits per heavy atom. The Kier molecular flexibility index (Phi) is 5.42. The number of aliphatic hydroxyl groups is 3. The Hall–Kier alpha value is -1.43. The highest BCUT2D eigenvalue weighted by molar-refractivity contribution is 5.90. The average Bonchev–Trinajstić information content (AvgIpc) is 2.62. The third-order valence-corrected chi connectivity index (χ3v) is 7.18. The van der Waals surface area contributed by atoms with Crippen molar-refractivity contribution in [2.24, 2.45) is 22.7 Å². The number of rotatable bonds is 4. The zero-order valence-corrected chi connectivity index (χ0v) is 15.7.